The van der Waals surface area contributed by atoms with Crippen LogP contribution < -0.4 is 5.32 Å². The van der Waals surface area contributed by atoms with Crippen LogP contribution in [0.15, 0.2) is 15.2 Å². The maximum Gasteiger partial charge on any atom is 0.0826 e. The first-order chi connectivity index (χ1) is 7.74. The van der Waals surface area contributed by atoms with Crippen LogP contribution in [0.1, 0.15) is 5.56 Å². The smallest absolute Gasteiger partial charge is 0.0826 e. The average Bonchev–Trinajstić information content (AvgIpc) is 2.64. The van der Waals surface area contributed by atoms with Gasteiger partial charge in [-0.05, 0) is 40.0 Å². The number of ether oxygens (including phenoxy) is 1. The maximum atomic E-state index is 5.68. The van der Waals surface area contributed by atoms with Crippen LogP contribution in [0.5, 0.6) is 0 Å². The predicted molar refractivity (Wildman–Crippen MR) is 71.0 cm³/mol. The van der Waals surface area contributed by atoms with Gasteiger partial charge in [-0.1, -0.05) is 0 Å². The summed E-state index contributed by atoms with van der Waals surface area (Å²) in [4.78, 5) is 2.32. The van der Waals surface area contributed by atoms with Gasteiger partial charge in [-0.2, -0.15) is 0 Å². The molecule has 1 atom stereocenters. The first-order valence-corrected chi connectivity index (χ1v) is 7.15. The second-order valence-corrected chi connectivity index (χ2v) is 6.44. The highest BCUT2D eigenvalue weighted by Gasteiger charge is 2.16. The molecule has 0 aliphatic carbocycles. The van der Waals surface area contributed by atoms with Crippen molar-refractivity contribution in [2.45, 2.75) is 12.6 Å². The van der Waals surface area contributed by atoms with Crippen LogP contribution >= 0.6 is 27.3 Å². The zero-order valence-corrected chi connectivity index (χ0v) is 11.8. The molecule has 0 bridgehead atoms. The lowest BCUT2D eigenvalue weighted by Crippen LogP contribution is -2.44. The molecule has 0 radical (unpaired) electrons. The molecule has 2 rings (SSSR count). The van der Waals surface area contributed by atoms with Gasteiger partial charge >= 0.3 is 0 Å². The number of rotatable bonds is 4. The fraction of sp³-hybridized carbons (Fsp3) is 0.636. The molecule has 1 aromatic heterocycles. The minimum atomic E-state index is 0.334. The Bertz CT molecular complexity index is 332. The van der Waals surface area contributed by atoms with Gasteiger partial charge in [0.15, 0.2) is 0 Å². The molecule has 0 unspecified atom stereocenters. The summed E-state index contributed by atoms with van der Waals surface area (Å²) in [5.41, 5.74) is 1.33. The molecule has 2 heterocycles. The van der Waals surface area contributed by atoms with E-state index in [1.165, 1.54) is 9.35 Å². The van der Waals surface area contributed by atoms with Crippen molar-refractivity contribution in [3.8, 4) is 0 Å². The third-order valence-electron chi connectivity index (χ3n) is 2.66. The van der Waals surface area contributed by atoms with E-state index in [0.29, 0.717) is 6.10 Å². The molecule has 5 heteroatoms. The highest BCUT2D eigenvalue weighted by molar-refractivity contribution is 9.11. The Labute approximate surface area is 109 Å². The van der Waals surface area contributed by atoms with Crippen molar-refractivity contribution >= 4 is 27.3 Å². The van der Waals surface area contributed by atoms with Gasteiger partial charge < -0.3 is 15.0 Å². The first-order valence-electron chi connectivity index (χ1n) is 5.48. The number of nitrogens with zero attached hydrogens (tertiary/aromatic N) is 1. The van der Waals surface area contributed by atoms with Crippen molar-refractivity contribution in [1.29, 1.82) is 0 Å². The quantitative estimate of drug-likeness (QED) is 0.920. The van der Waals surface area contributed by atoms with Crippen molar-refractivity contribution < 1.29 is 4.74 Å². The van der Waals surface area contributed by atoms with E-state index < -0.39 is 0 Å². The summed E-state index contributed by atoms with van der Waals surface area (Å²) in [6, 6.07) is 2.16. The molecule has 3 nitrogen and oxygen atoms in total. The standard InChI is InChI=1S/C11H17BrN2OS/c1-14-2-3-15-10(7-14)6-13-5-9-4-11(12)16-8-9/h4,8,10,13H,2-3,5-7H2,1H3/t10-/m1/s1. The van der Waals surface area contributed by atoms with Crippen LogP contribution in [0.25, 0.3) is 0 Å². The number of thiophene rings is 1. The number of hydrogen-bond acceptors (Lipinski definition) is 4. The molecular weight excluding hydrogens is 288 g/mol. The molecule has 90 valence electrons. The zero-order chi connectivity index (χ0) is 11.4. The molecule has 1 aliphatic rings. The topological polar surface area (TPSA) is 24.5 Å². The number of morpholine rings is 1. The van der Waals surface area contributed by atoms with E-state index in [2.05, 4.69) is 44.6 Å². The van der Waals surface area contributed by atoms with E-state index in [0.717, 1.165) is 32.8 Å². The Morgan fingerprint density at radius 1 is 1.69 bits per heavy atom. The van der Waals surface area contributed by atoms with Gasteiger partial charge in [0.25, 0.3) is 0 Å². The number of nitrogens with one attached hydrogen (secondary N) is 1. The van der Waals surface area contributed by atoms with Crippen molar-refractivity contribution in [2.75, 3.05) is 33.3 Å². The molecule has 0 aromatic carbocycles. The predicted octanol–water partition coefficient (Wildman–Crippen LogP) is 1.93. The summed E-state index contributed by atoms with van der Waals surface area (Å²) in [5, 5.41) is 5.61. The molecule has 1 N–H and O–H groups in total. The highest BCUT2D eigenvalue weighted by Crippen LogP contribution is 2.20. The van der Waals surface area contributed by atoms with E-state index in [1.54, 1.807) is 11.3 Å². The lowest BCUT2D eigenvalue weighted by molar-refractivity contribution is -0.0182. The highest BCUT2D eigenvalue weighted by atomic mass is 79.9. The van der Waals surface area contributed by atoms with Crippen molar-refractivity contribution in [3.63, 3.8) is 0 Å². The summed E-state index contributed by atoms with van der Waals surface area (Å²) >= 11 is 5.20. The third-order valence-corrected chi connectivity index (χ3v) is 4.22. The van der Waals surface area contributed by atoms with Crippen LogP contribution in [0.2, 0.25) is 0 Å². The summed E-state index contributed by atoms with van der Waals surface area (Å²) in [6.45, 7) is 4.78. The lowest BCUT2D eigenvalue weighted by atomic mass is 10.2. The minimum Gasteiger partial charge on any atom is -0.374 e. The fourth-order valence-electron chi connectivity index (χ4n) is 1.81. The second kappa shape index (κ2) is 6.12. The lowest BCUT2D eigenvalue weighted by Gasteiger charge is -2.30. The largest absolute Gasteiger partial charge is 0.374 e. The minimum absolute atomic E-state index is 0.334. The third kappa shape index (κ3) is 3.82. The van der Waals surface area contributed by atoms with E-state index in [-0.39, 0.29) is 0 Å². The van der Waals surface area contributed by atoms with E-state index >= 15 is 0 Å². The Balaban J connectivity index is 1.67. The molecule has 1 fully saturated rings. The molecule has 1 saturated heterocycles. The van der Waals surface area contributed by atoms with Gasteiger partial charge in [0, 0.05) is 26.2 Å². The van der Waals surface area contributed by atoms with Crippen molar-refractivity contribution in [1.82, 2.24) is 10.2 Å². The molecular formula is C11H17BrN2OS. The Morgan fingerprint density at radius 2 is 2.56 bits per heavy atom. The van der Waals surface area contributed by atoms with Gasteiger partial charge in [-0.25, -0.2) is 0 Å². The Morgan fingerprint density at radius 3 is 3.25 bits per heavy atom. The van der Waals surface area contributed by atoms with Gasteiger partial charge in [0.05, 0.1) is 16.5 Å². The monoisotopic (exact) mass is 304 g/mol. The maximum absolute atomic E-state index is 5.68. The first kappa shape index (κ1) is 12.5. The molecule has 0 amide bonds. The van der Waals surface area contributed by atoms with Gasteiger partial charge in [-0.15, -0.1) is 11.3 Å². The van der Waals surface area contributed by atoms with Crippen molar-refractivity contribution in [2.24, 2.45) is 0 Å². The SMILES string of the molecule is CN1CCO[C@H](CNCc2csc(Br)c2)C1. The number of hydrogen-bond donors (Lipinski definition) is 1. The van der Waals surface area contributed by atoms with Crippen molar-refractivity contribution in [3.05, 3.63) is 20.8 Å². The summed E-state index contributed by atoms with van der Waals surface area (Å²) in [6.07, 6.45) is 0.334. The molecule has 1 aliphatic heterocycles. The van der Waals surface area contributed by atoms with Gasteiger partial charge in [0.1, 0.15) is 0 Å². The molecule has 16 heavy (non-hydrogen) atoms. The molecule has 0 saturated carbocycles. The van der Waals surface area contributed by atoms with Gasteiger partial charge in [0.2, 0.25) is 0 Å². The fourth-order valence-corrected chi connectivity index (χ4v) is 3.02. The number of halogens is 1. The second-order valence-electron chi connectivity index (χ2n) is 4.15. The Kier molecular flexibility index (Phi) is 4.79. The van der Waals surface area contributed by atoms with E-state index in [1.807, 2.05) is 0 Å². The van der Waals surface area contributed by atoms with Crippen LogP contribution in [0, 0.1) is 0 Å². The molecule has 1 aromatic rings. The average molecular weight is 305 g/mol. The van der Waals surface area contributed by atoms with Gasteiger partial charge in [-0.3, -0.25) is 0 Å². The van der Waals surface area contributed by atoms with Crippen LogP contribution in [0.3, 0.4) is 0 Å². The summed E-state index contributed by atoms with van der Waals surface area (Å²) in [5.74, 6) is 0. The zero-order valence-electron chi connectivity index (χ0n) is 9.41. The Hall–Kier alpha value is 0.0600. The van der Waals surface area contributed by atoms with E-state index in [9.17, 15) is 0 Å². The summed E-state index contributed by atoms with van der Waals surface area (Å²) in [7, 11) is 2.14. The number of likely N-dealkylation sites (N-methyl/N-ethyl adjacent to an activating group) is 1. The van der Waals surface area contributed by atoms with E-state index in [4.69, 9.17) is 4.74 Å². The summed E-state index contributed by atoms with van der Waals surface area (Å²) < 4.78 is 6.87. The normalized spacial score (nSPS) is 22.5. The van der Waals surface area contributed by atoms with Crippen LogP contribution in [-0.4, -0.2) is 44.3 Å². The molecule has 0 spiro atoms. The van der Waals surface area contributed by atoms with Crippen LogP contribution in [-0.2, 0) is 11.3 Å². The van der Waals surface area contributed by atoms with Crippen LogP contribution in [0.4, 0.5) is 0 Å².